The Bertz CT molecular complexity index is 408. The summed E-state index contributed by atoms with van der Waals surface area (Å²) in [6.07, 6.45) is 10.5. The second-order valence-electron chi connectivity index (χ2n) is 6.20. The Morgan fingerprint density at radius 2 is 2.11 bits per heavy atom. The molecule has 3 rings (SSSR count). The van der Waals surface area contributed by atoms with E-state index >= 15 is 0 Å². The molecule has 0 radical (unpaired) electrons. The average molecular weight is 260 g/mol. The lowest BCUT2D eigenvalue weighted by atomic mass is 9.71. The number of likely N-dealkylation sites (tertiary alicyclic amines) is 1. The van der Waals surface area contributed by atoms with Crippen LogP contribution in [0, 0.1) is 5.92 Å². The zero-order chi connectivity index (χ0) is 13.1. The van der Waals surface area contributed by atoms with E-state index in [2.05, 4.69) is 22.0 Å². The van der Waals surface area contributed by atoms with Crippen molar-refractivity contribution in [3.8, 4) is 0 Å². The number of hydrogen-bond donors (Lipinski definition) is 1. The number of rotatable bonds is 3. The minimum atomic E-state index is -0.342. The largest absolute Gasteiger partial charge is 0.390 e. The van der Waals surface area contributed by atoms with Gasteiger partial charge in [-0.05, 0) is 43.4 Å². The van der Waals surface area contributed by atoms with Crippen molar-refractivity contribution in [3.63, 3.8) is 0 Å². The third-order valence-electron chi connectivity index (χ3n) is 4.98. The van der Waals surface area contributed by atoms with Crippen molar-refractivity contribution in [1.29, 1.82) is 0 Å². The second kappa shape index (κ2) is 5.59. The first-order valence-electron chi connectivity index (χ1n) is 7.60. The van der Waals surface area contributed by atoms with Crippen LogP contribution in [0.3, 0.4) is 0 Å². The zero-order valence-corrected chi connectivity index (χ0v) is 11.6. The molecule has 2 atom stereocenters. The van der Waals surface area contributed by atoms with Crippen LogP contribution >= 0.6 is 0 Å². The van der Waals surface area contributed by atoms with Crippen LogP contribution in [0.2, 0.25) is 0 Å². The first-order chi connectivity index (χ1) is 9.26. The molecular weight excluding hydrogens is 236 g/mol. The molecule has 1 aliphatic carbocycles. The van der Waals surface area contributed by atoms with Crippen molar-refractivity contribution in [2.45, 2.75) is 44.1 Å². The SMILES string of the molecule is OC12CCCCC1CN(CCc1ccncc1)CC2. The highest BCUT2D eigenvalue weighted by Crippen LogP contribution is 2.39. The van der Waals surface area contributed by atoms with Gasteiger partial charge in [0.25, 0.3) is 0 Å². The first kappa shape index (κ1) is 13.1. The normalized spacial score (nSPS) is 31.9. The van der Waals surface area contributed by atoms with Crippen LogP contribution in [0.1, 0.15) is 37.7 Å². The maximum absolute atomic E-state index is 10.7. The predicted octanol–water partition coefficient (Wildman–Crippen LogP) is 2.25. The molecule has 2 unspecified atom stereocenters. The van der Waals surface area contributed by atoms with E-state index in [1.54, 1.807) is 0 Å². The maximum atomic E-state index is 10.7. The highest BCUT2D eigenvalue weighted by Gasteiger charge is 2.42. The molecule has 0 spiro atoms. The minimum Gasteiger partial charge on any atom is -0.390 e. The molecule has 3 heteroatoms. The van der Waals surface area contributed by atoms with Gasteiger partial charge >= 0.3 is 0 Å². The van der Waals surface area contributed by atoms with E-state index in [0.29, 0.717) is 5.92 Å². The summed E-state index contributed by atoms with van der Waals surface area (Å²) in [5.41, 5.74) is 1.02. The summed E-state index contributed by atoms with van der Waals surface area (Å²) < 4.78 is 0. The summed E-state index contributed by atoms with van der Waals surface area (Å²) in [7, 11) is 0. The standard InChI is InChI=1S/C16H24N2O/c19-16-7-2-1-3-15(16)13-18(12-8-16)11-6-14-4-9-17-10-5-14/h4-5,9-10,15,19H,1-3,6-8,11-13H2. The Labute approximate surface area is 115 Å². The van der Waals surface area contributed by atoms with Gasteiger partial charge in [0.15, 0.2) is 0 Å². The van der Waals surface area contributed by atoms with Crippen LogP contribution in [-0.4, -0.2) is 40.2 Å². The summed E-state index contributed by atoms with van der Waals surface area (Å²) in [6.45, 7) is 3.25. The molecule has 1 saturated carbocycles. The molecule has 3 nitrogen and oxygen atoms in total. The number of pyridine rings is 1. The number of fused-ring (bicyclic) bond motifs is 1. The van der Waals surface area contributed by atoms with Crippen LogP contribution in [0.15, 0.2) is 24.5 Å². The highest BCUT2D eigenvalue weighted by molar-refractivity contribution is 5.10. The van der Waals surface area contributed by atoms with Crippen LogP contribution in [0.5, 0.6) is 0 Å². The van der Waals surface area contributed by atoms with Crippen molar-refractivity contribution in [3.05, 3.63) is 30.1 Å². The van der Waals surface area contributed by atoms with Crippen molar-refractivity contribution in [2.75, 3.05) is 19.6 Å². The second-order valence-corrected chi connectivity index (χ2v) is 6.20. The molecule has 2 aliphatic rings. The van der Waals surface area contributed by atoms with E-state index in [9.17, 15) is 5.11 Å². The van der Waals surface area contributed by atoms with Crippen LogP contribution in [0.4, 0.5) is 0 Å². The van der Waals surface area contributed by atoms with Crippen LogP contribution in [0.25, 0.3) is 0 Å². The van der Waals surface area contributed by atoms with Crippen LogP contribution in [-0.2, 0) is 6.42 Å². The van der Waals surface area contributed by atoms with Crippen molar-refractivity contribution in [2.24, 2.45) is 5.92 Å². The van der Waals surface area contributed by atoms with Gasteiger partial charge in [-0.3, -0.25) is 4.98 Å². The van der Waals surface area contributed by atoms with Crippen LogP contribution < -0.4 is 0 Å². The fraction of sp³-hybridized carbons (Fsp3) is 0.688. The van der Waals surface area contributed by atoms with E-state index < -0.39 is 0 Å². The van der Waals surface area contributed by atoms with Gasteiger partial charge < -0.3 is 10.0 Å². The average Bonchev–Trinajstić information content (AvgIpc) is 2.46. The van der Waals surface area contributed by atoms with Gasteiger partial charge in [-0.25, -0.2) is 0 Å². The van der Waals surface area contributed by atoms with E-state index in [1.165, 1.54) is 24.8 Å². The molecule has 1 N–H and O–H groups in total. The van der Waals surface area contributed by atoms with Gasteiger partial charge in [0.05, 0.1) is 5.60 Å². The fourth-order valence-corrected chi connectivity index (χ4v) is 3.68. The minimum absolute atomic E-state index is 0.342. The quantitative estimate of drug-likeness (QED) is 0.905. The molecule has 1 aromatic heterocycles. The van der Waals surface area contributed by atoms with Gasteiger partial charge in [-0.1, -0.05) is 12.8 Å². The Morgan fingerprint density at radius 1 is 1.26 bits per heavy atom. The van der Waals surface area contributed by atoms with Gasteiger partial charge in [-0.15, -0.1) is 0 Å². The van der Waals surface area contributed by atoms with E-state index in [1.807, 2.05) is 12.4 Å². The maximum Gasteiger partial charge on any atom is 0.0700 e. The molecule has 2 fully saturated rings. The van der Waals surface area contributed by atoms with E-state index in [0.717, 1.165) is 38.9 Å². The monoisotopic (exact) mass is 260 g/mol. The first-order valence-corrected chi connectivity index (χ1v) is 7.60. The van der Waals surface area contributed by atoms with Crippen molar-refractivity contribution >= 4 is 0 Å². The van der Waals surface area contributed by atoms with E-state index in [-0.39, 0.29) is 5.60 Å². The summed E-state index contributed by atoms with van der Waals surface area (Å²) >= 11 is 0. The zero-order valence-electron chi connectivity index (χ0n) is 11.6. The third kappa shape index (κ3) is 2.98. The Morgan fingerprint density at radius 3 is 2.95 bits per heavy atom. The van der Waals surface area contributed by atoms with Gasteiger partial charge in [0.1, 0.15) is 0 Å². The third-order valence-corrected chi connectivity index (χ3v) is 4.98. The fourth-order valence-electron chi connectivity index (χ4n) is 3.68. The molecular formula is C16H24N2O. The molecule has 104 valence electrons. The van der Waals surface area contributed by atoms with E-state index in [4.69, 9.17) is 0 Å². The van der Waals surface area contributed by atoms with Gasteiger partial charge in [-0.2, -0.15) is 0 Å². The summed E-state index contributed by atoms with van der Waals surface area (Å²) in [5.74, 6) is 0.507. The molecule has 0 aromatic carbocycles. The Hall–Kier alpha value is -0.930. The number of nitrogens with zero attached hydrogens (tertiary/aromatic N) is 2. The Balaban J connectivity index is 1.54. The van der Waals surface area contributed by atoms with Crippen molar-refractivity contribution in [1.82, 2.24) is 9.88 Å². The summed E-state index contributed by atoms with van der Waals surface area (Å²) in [6, 6.07) is 4.20. The van der Waals surface area contributed by atoms with Gasteiger partial charge in [0, 0.05) is 37.9 Å². The lowest BCUT2D eigenvalue weighted by Gasteiger charge is -2.47. The smallest absolute Gasteiger partial charge is 0.0700 e. The molecule has 1 saturated heterocycles. The van der Waals surface area contributed by atoms with Gasteiger partial charge in [0.2, 0.25) is 0 Å². The van der Waals surface area contributed by atoms with Crippen molar-refractivity contribution < 1.29 is 5.11 Å². The molecule has 0 bridgehead atoms. The Kier molecular flexibility index (Phi) is 3.85. The highest BCUT2D eigenvalue weighted by atomic mass is 16.3. The number of hydrogen-bond acceptors (Lipinski definition) is 3. The topological polar surface area (TPSA) is 36.4 Å². The summed E-state index contributed by atoms with van der Waals surface area (Å²) in [4.78, 5) is 6.59. The molecule has 1 aliphatic heterocycles. The predicted molar refractivity (Wildman–Crippen MR) is 75.9 cm³/mol. The number of piperidine rings is 1. The molecule has 2 heterocycles. The lowest BCUT2D eigenvalue weighted by Crippen LogP contribution is -2.53. The number of aliphatic hydroxyl groups is 1. The lowest BCUT2D eigenvalue weighted by molar-refractivity contribution is -0.0950. The molecule has 1 aromatic rings. The molecule has 19 heavy (non-hydrogen) atoms. The summed E-state index contributed by atoms with van der Waals surface area (Å²) in [5, 5.41) is 10.7. The molecule has 0 amide bonds. The number of aromatic nitrogens is 1.